The van der Waals surface area contributed by atoms with Crippen molar-refractivity contribution in [3.05, 3.63) is 116 Å². The molecule has 0 saturated heterocycles. The lowest BCUT2D eigenvalue weighted by Crippen LogP contribution is -2.11. The lowest BCUT2D eigenvalue weighted by atomic mass is 9.94. The van der Waals surface area contributed by atoms with Gasteiger partial charge in [0.2, 0.25) is 0 Å². The van der Waals surface area contributed by atoms with Crippen molar-refractivity contribution in [2.24, 2.45) is 0 Å². The van der Waals surface area contributed by atoms with Gasteiger partial charge in [0.25, 0.3) is 0 Å². The Labute approximate surface area is 604 Å². The van der Waals surface area contributed by atoms with Crippen molar-refractivity contribution >= 4 is 59.7 Å². The Morgan fingerprint density at radius 1 is 0.181 bits per heavy atom. The first kappa shape index (κ1) is 82.8. The molecule has 0 spiro atoms. The van der Waals surface area contributed by atoms with Crippen LogP contribution in [0.15, 0.2) is 60.7 Å². The van der Waals surface area contributed by atoms with Gasteiger partial charge in [0, 0.05) is 152 Å². The lowest BCUT2D eigenvalue weighted by Gasteiger charge is -2.22. The second-order valence-electron chi connectivity index (χ2n) is 24.7. The van der Waals surface area contributed by atoms with Crippen molar-refractivity contribution in [1.82, 2.24) is 0 Å². The number of hydrogen-bond donors (Lipinski definition) is 10. The molecule has 570 valence electrons. The molecule has 15 rings (SSSR count). The summed E-state index contributed by atoms with van der Waals surface area (Å²) in [6.07, 6.45) is -3.31. The highest BCUT2D eigenvalue weighted by molar-refractivity contribution is 5.70. The second kappa shape index (κ2) is 43.7. The van der Waals surface area contributed by atoms with Crippen LogP contribution >= 0.6 is 0 Å². The van der Waals surface area contributed by atoms with E-state index in [0.717, 1.165) is 0 Å². The molecule has 0 radical (unpaired) electrons. The van der Waals surface area contributed by atoms with Crippen LogP contribution in [0, 0.1) is 0 Å². The SMILES string of the molecule is O=C(O)CCCOc1cc2c(OCCCC(=O)O)cc1Cc1cc(OCCCC(=O)O)c(cc1OCCCC(=O)O)Cc1cc(OCCCC(=O)O)c(cc1OCCCC(=O)O)Cc1cc(OCCCC(=O)O)c(cc1OCCCC(=O)O)Cc1cc(OCCCC(=O)O)c(cc1OCCCC(=O)O)C2. The molecule has 0 amide bonds. The number of carbonyl (C=O) groups is 10. The zero-order chi connectivity index (χ0) is 76.2. The Morgan fingerprint density at radius 3 is 0.343 bits per heavy atom. The van der Waals surface area contributed by atoms with Crippen molar-refractivity contribution < 1.29 is 146 Å². The maximum absolute atomic E-state index is 11.9. The Balaban J connectivity index is 1.82. The van der Waals surface area contributed by atoms with Crippen molar-refractivity contribution in [3.8, 4) is 57.5 Å². The number of carboxylic acid groups (broad SMARTS) is 10. The molecule has 0 atom stereocenters. The third-order valence-corrected chi connectivity index (χ3v) is 16.0. The minimum absolute atomic E-state index is 0.0222. The van der Waals surface area contributed by atoms with E-state index in [0.29, 0.717) is 55.6 Å². The van der Waals surface area contributed by atoms with Crippen molar-refractivity contribution in [2.45, 2.75) is 161 Å². The van der Waals surface area contributed by atoms with E-state index in [1.54, 1.807) is 60.7 Å². The summed E-state index contributed by atoms with van der Waals surface area (Å²) >= 11 is 0. The number of hydrogen-bond acceptors (Lipinski definition) is 20. The van der Waals surface area contributed by atoms with E-state index >= 15 is 0 Å². The minimum atomic E-state index is -1.11. The summed E-state index contributed by atoms with van der Waals surface area (Å²) in [5, 5.41) is 97.3. The van der Waals surface area contributed by atoms with Crippen molar-refractivity contribution in [3.63, 3.8) is 0 Å². The number of aliphatic carboxylic acids is 10. The van der Waals surface area contributed by atoms with E-state index in [2.05, 4.69) is 0 Å². The molecule has 5 aromatic carbocycles. The third kappa shape index (κ3) is 30.3. The smallest absolute Gasteiger partial charge is 0.303 e. The Morgan fingerprint density at radius 2 is 0.267 bits per heavy atom. The van der Waals surface area contributed by atoms with Gasteiger partial charge < -0.3 is 98.4 Å². The van der Waals surface area contributed by atoms with Crippen molar-refractivity contribution in [2.75, 3.05) is 66.1 Å². The van der Waals surface area contributed by atoms with Gasteiger partial charge in [-0.25, -0.2) is 0 Å². The van der Waals surface area contributed by atoms with Crippen LogP contribution in [0.4, 0.5) is 0 Å². The fraction of sp³-hybridized carbons (Fsp3) is 0.467. The first-order valence-electron chi connectivity index (χ1n) is 34.5. The van der Waals surface area contributed by atoms with Crippen LogP contribution in [-0.4, -0.2) is 177 Å². The summed E-state index contributed by atoms with van der Waals surface area (Å²) in [4.78, 5) is 119. The summed E-state index contributed by atoms with van der Waals surface area (Å²) in [5.74, 6) is -9.31. The number of rotatable bonds is 50. The fourth-order valence-electron chi connectivity index (χ4n) is 11.0. The molecular weight excluding hydrogens is 1380 g/mol. The highest BCUT2D eigenvalue weighted by atomic mass is 16.5. The van der Waals surface area contributed by atoms with Gasteiger partial charge in [-0.3, -0.25) is 47.9 Å². The van der Waals surface area contributed by atoms with Gasteiger partial charge in [0.1, 0.15) is 57.5 Å². The first-order chi connectivity index (χ1) is 50.3. The first-order valence-corrected chi connectivity index (χ1v) is 34.5. The highest BCUT2D eigenvalue weighted by Gasteiger charge is 2.26. The number of carboxylic acids is 10. The van der Waals surface area contributed by atoms with E-state index in [1.165, 1.54) is 0 Å². The Bertz CT molecular complexity index is 3010. The number of ether oxygens (including phenoxy) is 10. The van der Waals surface area contributed by atoms with Gasteiger partial charge in [-0.05, 0) is 125 Å². The molecule has 10 aliphatic carbocycles. The van der Waals surface area contributed by atoms with Gasteiger partial charge in [-0.1, -0.05) is 0 Å². The predicted octanol–water partition coefficient (Wildman–Crippen LogP) is 10.4. The summed E-state index contributed by atoms with van der Waals surface area (Å²) in [5.41, 5.74) is 3.80. The van der Waals surface area contributed by atoms with Gasteiger partial charge >= 0.3 is 59.7 Å². The zero-order valence-electron chi connectivity index (χ0n) is 58.2. The predicted molar refractivity (Wildman–Crippen MR) is 370 cm³/mol. The lowest BCUT2D eigenvalue weighted by molar-refractivity contribution is -0.138. The monoisotopic (exact) mass is 1470 g/mol. The molecule has 30 heteroatoms. The highest BCUT2D eigenvalue weighted by Crippen LogP contribution is 2.44. The molecule has 5 aromatic rings. The average Bonchev–Trinajstić information content (AvgIpc) is 1.19. The quantitative estimate of drug-likeness (QED) is 0.0159. The molecule has 0 saturated carbocycles. The van der Waals surface area contributed by atoms with Crippen LogP contribution < -0.4 is 47.4 Å². The van der Waals surface area contributed by atoms with Crippen LogP contribution in [0.1, 0.15) is 184 Å². The molecule has 105 heavy (non-hydrogen) atoms. The largest absolute Gasteiger partial charge is 0.493 e. The van der Waals surface area contributed by atoms with Gasteiger partial charge in [0.15, 0.2) is 0 Å². The van der Waals surface area contributed by atoms with Gasteiger partial charge in [-0.2, -0.15) is 0 Å². The maximum Gasteiger partial charge on any atom is 0.303 e. The third-order valence-electron chi connectivity index (χ3n) is 16.0. The Kier molecular flexibility index (Phi) is 34.4. The normalized spacial score (nSPS) is 11.6. The molecule has 0 aromatic heterocycles. The van der Waals surface area contributed by atoms with Crippen LogP contribution in [-0.2, 0) is 80.0 Å². The molecule has 30 nitrogen and oxygen atoms in total. The van der Waals surface area contributed by atoms with E-state index in [1.807, 2.05) is 0 Å². The standard InChI is InChI=1S/C75H90O30/c76-66(77)11-1-21-96-56-36-47-32-49-39-61(101-26-6-16-71(86)87)51(41-60(49)100-25-5-15-70(84)85)34-53-43-65(105-30-10-20-75(94)95)55(45-64(53)104-29-9-19-74(92)93)35-54-44-62(102-27-7-17-72(88)89)52(42-63(54)103-28-8-18-73(90)91)33-50-40-58(98-23-3-13-68(80)81)48(38-59(50)99-24-4-14-69(82)83)31-46(56)37-57(47)97-22-2-12-67(78)79/h36-45H,1-35H2,(H,76,77)(H,78,79)(H,80,81)(H,82,83)(H,84,85)(H,86,87)(H,88,89)(H,90,91)(H,92,93)(H,94,95). The summed E-state index contributed by atoms with van der Waals surface area (Å²) in [6.45, 7) is -1.53. The minimum Gasteiger partial charge on any atom is -0.493 e. The molecule has 0 heterocycles. The maximum atomic E-state index is 11.9. The van der Waals surface area contributed by atoms with E-state index < -0.39 is 59.7 Å². The average molecular weight is 1470 g/mol. The second-order valence-corrected chi connectivity index (χ2v) is 24.7. The van der Waals surface area contributed by atoms with E-state index in [-0.39, 0.29) is 284 Å². The van der Waals surface area contributed by atoms with Crippen molar-refractivity contribution in [1.29, 1.82) is 0 Å². The van der Waals surface area contributed by atoms with Gasteiger partial charge in [-0.15, -0.1) is 0 Å². The summed E-state index contributed by atoms with van der Waals surface area (Å²) < 4.78 is 65.1. The molecule has 10 aliphatic rings. The van der Waals surface area contributed by atoms with E-state index in [4.69, 9.17) is 47.4 Å². The molecule has 0 fully saturated rings. The van der Waals surface area contributed by atoms with Crippen LogP contribution in [0.3, 0.4) is 0 Å². The topological polar surface area (TPSA) is 465 Å². The van der Waals surface area contributed by atoms with Crippen LogP contribution in [0.25, 0.3) is 0 Å². The molecular formula is C75H90O30. The number of benzene rings is 5. The van der Waals surface area contributed by atoms with Crippen LogP contribution in [0.2, 0.25) is 0 Å². The Hall–Kier alpha value is -11.2. The van der Waals surface area contributed by atoms with Gasteiger partial charge in [0.05, 0.1) is 66.1 Å². The molecule has 0 aliphatic heterocycles. The molecule has 0 unspecified atom stereocenters. The summed E-state index contributed by atoms with van der Waals surface area (Å²) in [6, 6.07) is 16.4. The molecule has 10 N–H and O–H groups in total. The molecule has 10 bridgehead atoms. The van der Waals surface area contributed by atoms with E-state index in [9.17, 15) is 99.0 Å². The fourth-order valence-corrected chi connectivity index (χ4v) is 11.0. The zero-order valence-corrected chi connectivity index (χ0v) is 58.2. The summed E-state index contributed by atoms with van der Waals surface area (Å²) in [7, 11) is 0. The van der Waals surface area contributed by atoms with Crippen LogP contribution in [0.5, 0.6) is 57.5 Å².